The van der Waals surface area contributed by atoms with Gasteiger partial charge in [-0.3, -0.25) is 0 Å². The number of hydrogen-bond donors (Lipinski definition) is 1. The van der Waals surface area contributed by atoms with E-state index in [1.165, 1.54) is 12.1 Å². The van der Waals surface area contributed by atoms with Gasteiger partial charge in [-0.2, -0.15) is 0 Å². The van der Waals surface area contributed by atoms with Gasteiger partial charge in [-0.25, -0.2) is 0 Å². The maximum atomic E-state index is 12.3. The van der Waals surface area contributed by atoms with Gasteiger partial charge in [0.1, 0.15) is 5.75 Å². The summed E-state index contributed by atoms with van der Waals surface area (Å²) < 4.78 is 40.7. The molecule has 3 rings (SSSR count). The number of aromatic amines is 1. The molecule has 5 heteroatoms. The topological polar surface area (TPSA) is 25.0 Å². The molecule has 108 valence electrons. The molecule has 2 aromatic carbocycles. The molecule has 0 aliphatic rings. The molecular weight excluding hydrogens is 279 g/mol. The lowest BCUT2D eigenvalue weighted by molar-refractivity contribution is -0.274. The largest absolute Gasteiger partial charge is 0.573 e. The Labute approximate surface area is 119 Å². The van der Waals surface area contributed by atoms with Gasteiger partial charge in [-0.15, -0.1) is 13.2 Å². The van der Waals surface area contributed by atoms with Crippen LogP contribution >= 0.6 is 0 Å². The van der Waals surface area contributed by atoms with Crippen LogP contribution < -0.4 is 4.74 Å². The van der Waals surface area contributed by atoms with E-state index >= 15 is 0 Å². The third-order valence-electron chi connectivity index (χ3n) is 3.25. The minimum Gasteiger partial charge on any atom is -0.406 e. The highest BCUT2D eigenvalue weighted by atomic mass is 19.4. The molecule has 0 atom stereocenters. The van der Waals surface area contributed by atoms with Gasteiger partial charge >= 0.3 is 6.36 Å². The third kappa shape index (κ3) is 2.72. The minimum absolute atomic E-state index is 0.226. The molecule has 0 radical (unpaired) electrons. The Morgan fingerprint density at radius 2 is 1.71 bits per heavy atom. The quantitative estimate of drug-likeness (QED) is 0.702. The Balaban J connectivity index is 2.10. The summed E-state index contributed by atoms with van der Waals surface area (Å²) in [6.07, 6.45) is -4.68. The standard InChI is InChI=1S/C16H12F3NO/c1-10-15(11-5-3-2-4-6-11)13-8-7-12(9-14(13)20-10)21-16(17,18)19/h2-9,20H,1H3. The molecular formula is C16H12F3NO. The van der Waals surface area contributed by atoms with Crippen LogP contribution in [0, 0.1) is 6.92 Å². The second-order valence-electron chi connectivity index (χ2n) is 4.75. The van der Waals surface area contributed by atoms with Crippen molar-refractivity contribution in [3.63, 3.8) is 0 Å². The zero-order chi connectivity index (χ0) is 15.0. The summed E-state index contributed by atoms with van der Waals surface area (Å²) in [5.41, 5.74) is 3.53. The zero-order valence-corrected chi connectivity index (χ0v) is 11.2. The van der Waals surface area contributed by atoms with Gasteiger partial charge in [0.05, 0.1) is 0 Å². The van der Waals surface area contributed by atoms with E-state index in [1.54, 1.807) is 6.07 Å². The van der Waals surface area contributed by atoms with Gasteiger partial charge < -0.3 is 9.72 Å². The van der Waals surface area contributed by atoms with Crippen LogP contribution in [0.5, 0.6) is 5.75 Å². The summed E-state index contributed by atoms with van der Waals surface area (Å²) >= 11 is 0. The molecule has 21 heavy (non-hydrogen) atoms. The number of H-pyrrole nitrogens is 1. The fourth-order valence-electron chi connectivity index (χ4n) is 2.49. The van der Waals surface area contributed by atoms with E-state index in [4.69, 9.17) is 0 Å². The maximum Gasteiger partial charge on any atom is 0.573 e. The smallest absolute Gasteiger partial charge is 0.406 e. The van der Waals surface area contributed by atoms with E-state index in [9.17, 15) is 13.2 Å². The fraction of sp³-hybridized carbons (Fsp3) is 0.125. The lowest BCUT2D eigenvalue weighted by Crippen LogP contribution is -2.16. The summed E-state index contributed by atoms with van der Waals surface area (Å²) in [7, 11) is 0. The number of ether oxygens (including phenoxy) is 1. The second-order valence-corrected chi connectivity index (χ2v) is 4.75. The van der Waals surface area contributed by atoms with Crippen molar-refractivity contribution in [1.82, 2.24) is 4.98 Å². The molecule has 1 heterocycles. The summed E-state index contributed by atoms with van der Waals surface area (Å²) in [6, 6.07) is 14.0. The van der Waals surface area contributed by atoms with E-state index in [0.29, 0.717) is 5.52 Å². The Morgan fingerprint density at radius 3 is 2.38 bits per heavy atom. The van der Waals surface area contributed by atoms with E-state index in [1.807, 2.05) is 37.3 Å². The molecule has 0 fully saturated rings. The Bertz CT molecular complexity index is 775. The normalized spacial score (nSPS) is 11.8. The van der Waals surface area contributed by atoms with E-state index < -0.39 is 6.36 Å². The molecule has 0 aliphatic heterocycles. The summed E-state index contributed by atoms with van der Waals surface area (Å²) in [5, 5.41) is 0.869. The molecule has 0 aliphatic carbocycles. The van der Waals surface area contributed by atoms with E-state index in [0.717, 1.165) is 22.2 Å². The number of nitrogens with one attached hydrogen (secondary N) is 1. The number of aromatic nitrogens is 1. The minimum atomic E-state index is -4.68. The van der Waals surface area contributed by atoms with Crippen LogP contribution in [-0.2, 0) is 0 Å². The van der Waals surface area contributed by atoms with Crippen molar-refractivity contribution in [2.24, 2.45) is 0 Å². The first-order valence-corrected chi connectivity index (χ1v) is 6.37. The van der Waals surface area contributed by atoms with E-state index in [-0.39, 0.29) is 5.75 Å². The average Bonchev–Trinajstić information content (AvgIpc) is 2.73. The van der Waals surface area contributed by atoms with E-state index in [2.05, 4.69) is 9.72 Å². The first-order chi connectivity index (χ1) is 9.94. The van der Waals surface area contributed by atoms with Crippen molar-refractivity contribution in [3.05, 3.63) is 54.2 Å². The zero-order valence-electron chi connectivity index (χ0n) is 11.2. The maximum absolute atomic E-state index is 12.3. The predicted octanol–water partition coefficient (Wildman–Crippen LogP) is 5.04. The Kier molecular flexibility index (Phi) is 3.12. The van der Waals surface area contributed by atoms with Gasteiger partial charge in [0, 0.05) is 28.2 Å². The third-order valence-corrected chi connectivity index (χ3v) is 3.25. The Morgan fingerprint density at radius 1 is 1.00 bits per heavy atom. The van der Waals surface area contributed by atoms with Gasteiger partial charge in [0.15, 0.2) is 0 Å². The highest BCUT2D eigenvalue weighted by molar-refractivity contribution is 5.98. The van der Waals surface area contributed by atoms with Crippen molar-refractivity contribution < 1.29 is 17.9 Å². The molecule has 1 aromatic heterocycles. The van der Waals surface area contributed by atoms with Crippen LogP contribution in [0.2, 0.25) is 0 Å². The molecule has 1 N–H and O–H groups in total. The highest BCUT2D eigenvalue weighted by Crippen LogP contribution is 2.34. The number of aryl methyl sites for hydroxylation is 1. The lowest BCUT2D eigenvalue weighted by atomic mass is 10.0. The lowest BCUT2D eigenvalue weighted by Gasteiger charge is -2.08. The van der Waals surface area contributed by atoms with Crippen LogP contribution in [0.1, 0.15) is 5.69 Å². The van der Waals surface area contributed by atoms with Crippen LogP contribution in [0.15, 0.2) is 48.5 Å². The van der Waals surface area contributed by atoms with Crippen LogP contribution in [-0.4, -0.2) is 11.3 Å². The number of hydrogen-bond acceptors (Lipinski definition) is 1. The predicted molar refractivity (Wildman–Crippen MR) is 75.2 cm³/mol. The van der Waals surface area contributed by atoms with Gasteiger partial charge in [-0.1, -0.05) is 30.3 Å². The summed E-state index contributed by atoms with van der Waals surface area (Å²) in [5.74, 6) is -0.226. The first-order valence-electron chi connectivity index (χ1n) is 6.37. The molecule has 0 amide bonds. The molecule has 0 unspecified atom stereocenters. The molecule has 0 saturated heterocycles. The molecule has 0 saturated carbocycles. The summed E-state index contributed by atoms with van der Waals surface area (Å²) in [4.78, 5) is 3.10. The van der Waals surface area contributed by atoms with Crippen molar-refractivity contribution in [2.75, 3.05) is 0 Å². The number of fused-ring (bicyclic) bond motifs is 1. The van der Waals surface area contributed by atoms with Gasteiger partial charge in [0.25, 0.3) is 0 Å². The monoisotopic (exact) mass is 291 g/mol. The van der Waals surface area contributed by atoms with Crippen molar-refractivity contribution >= 4 is 10.9 Å². The second kappa shape index (κ2) is 4.84. The molecule has 0 spiro atoms. The van der Waals surface area contributed by atoms with Gasteiger partial charge in [0.2, 0.25) is 0 Å². The average molecular weight is 291 g/mol. The number of benzene rings is 2. The van der Waals surface area contributed by atoms with Crippen molar-refractivity contribution in [3.8, 4) is 16.9 Å². The van der Waals surface area contributed by atoms with Crippen LogP contribution in [0.3, 0.4) is 0 Å². The number of halogens is 3. The SMILES string of the molecule is Cc1[nH]c2cc(OC(F)(F)F)ccc2c1-c1ccccc1. The molecule has 2 nitrogen and oxygen atoms in total. The first kappa shape index (κ1) is 13.5. The highest BCUT2D eigenvalue weighted by Gasteiger charge is 2.31. The Hall–Kier alpha value is -2.43. The molecule has 0 bridgehead atoms. The van der Waals surface area contributed by atoms with Crippen molar-refractivity contribution in [1.29, 1.82) is 0 Å². The van der Waals surface area contributed by atoms with Gasteiger partial charge in [-0.05, 0) is 24.6 Å². The number of rotatable bonds is 2. The molecule has 3 aromatic rings. The van der Waals surface area contributed by atoms with Crippen LogP contribution in [0.4, 0.5) is 13.2 Å². The van der Waals surface area contributed by atoms with Crippen LogP contribution in [0.25, 0.3) is 22.0 Å². The summed E-state index contributed by atoms with van der Waals surface area (Å²) in [6.45, 7) is 1.90. The number of alkyl halides is 3. The van der Waals surface area contributed by atoms with Crippen molar-refractivity contribution in [2.45, 2.75) is 13.3 Å². The fourth-order valence-corrected chi connectivity index (χ4v) is 2.49.